The predicted octanol–water partition coefficient (Wildman–Crippen LogP) is 2.15. The Kier molecular flexibility index (Phi) is 6.43. The van der Waals surface area contributed by atoms with Crippen molar-refractivity contribution in [2.45, 2.75) is 6.54 Å². The van der Waals surface area contributed by atoms with E-state index in [1.165, 1.54) is 26.4 Å². The Hall–Kier alpha value is -4.14. The zero-order valence-corrected chi connectivity index (χ0v) is 16.4. The number of para-hydroxylation sites is 1. The van der Waals surface area contributed by atoms with Crippen LogP contribution >= 0.6 is 0 Å². The molecule has 0 bridgehead atoms. The molecule has 1 heterocycles. The highest BCUT2D eigenvalue weighted by Crippen LogP contribution is 2.29. The van der Waals surface area contributed by atoms with Gasteiger partial charge in [0.2, 0.25) is 5.91 Å². The molecule has 1 aromatic heterocycles. The van der Waals surface area contributed by atoms with Crippen molar-refractivity contribution >= 4 is 23.2 Å². The largest absolute Gasteiger partial charge is 0.493 e. The Morgan fingerprint density at radius 1 is 0.900 bits per heavy atom. The fourth-order valence-corrected chi connectivity index (χ4v) is 2.65. The van der Waals surface area contributed by atoms with Crippen LogP contribution in [0.1, 0.15) is 10.5 Å². The summed E-state index contributed by atoms with van der Waals surface area (Å²) in [7, 11) is 2.99. The van der Waals surface area contributed by atoms with E-state index in [0.717, 1.165) is 4.68 Å². The van der Waals surface area contributed by atoms with Gasteiger partial charge >= 0.3 is 0 Å². The van der Waals surface area contributed by atoms with Gasteiger partial charge in [0.15, 0.2) is 11.5 Å². The van der Waals surface area contributed by atoms with Gasteiger partial charge in [-0.2, -0.15) is 5.10 Å². The average molecular weight is 408 g/mol. The maximum Gasteiger partial charge on any atom is 0.276 e. The second-order valence-electron chi connectivity index (χ2n) is 6.15. The fraction of sp³-hybridized carbons (Fsp3) is 0.143. The molecule has 0 unspecified atom stereocenters. The van der Waals surface area contributed by atoms with Crippen molar-refractivity contribution < 1.29 is 19.1 Å². The number of rotatable bonds is 7. The molecule has 0 spiro atoms. The Labute approximate surface area is 172 Å². The van der Waals surface area contributed by atoms with Crippen LogP contribution < -0.4 is 25.7 Å². The van der Waals surface area contributed by atoms with Gasteiger partial charge in [0.05, 0.1) is 14.2 Å². The van der Waals surface area contributed by atoms with Crippen LogP contribution in [0.2, 0.25) is 0 Å². The number of nitrogens with one attached hydrogen (secondary N) is 2. The van der Waals surface area contributed by atoms with Gasteiger partial charge in [-0.05, 0) is 30.3 Å². The number of carbonyl (C=O) groups is 2. The van der Waals surface area contributed by atoms with Crippen molar-refractivity contribution in [3.63, 3.8) is 0 Å². The van der Waals surface area contributed by atoms with Crippen LogP contribution in [-0.2, 0) is 11.3 Å². The van der Waals surface area contributed by atoms with Gasteiger partial charge < -0.3 is 20.1 Å². The monoisotopic (exact) mass is 408 g/mol. The summed E-state index contributed by atoms with van der Waals surface area (Å²) in [4.78, 5) is 36.8. The number of anilines is 2. The quantitative estimate of drug-likeness (QED) is 0.620. The average Bonchev–Trinajstić information content (AvgIpc) is 2.75. The Bertz CT molecular complexity index is 1110. The van der Waals surface area contributed by atoms with Gasteiger partial charge in [-0.25, -0.2) is 4.68 Å². The first-order chi connectivity index (χ1) is 14.5. The number of benzene rings is 2. The van der Waals surface area contributed by atoms with E-state index in [2.05, 4.69) is 15.7 Å². The standard InChI is InChI=1S/C21H20N4O5/c1-29-17-10-8-15(12-18(17)30-2)22-19(26)13-25-20(27)11-9-16(24-25)21(28)23-14-6-4-3-5-7-14/h3-12H,13H2,1-2H3,(H,22,26)(H,23,28). The number of methoxy groups -OCH3 is 2. The topological polar surface area (TPSA) is 112 Å². The van der Waals surface area contributed by atoms with Crippen molar-refractivity contribution in [2.75, 3.05) is 24.9 Å². The maximum atomic E-state index is 12.4. The normalized spacial score (nSPS) is 10.2. The number of aromatic nitrogens is 2. The van der Waals surface area contributed by atoms with E-state index in [9.17, 15) is 14.4 Å². The van der Waals surface area contributed by atoms with Crippen LogP contribution in [0, 0.1) is 0 Å². The first-order valence-electron chi connectivity index (χ1n) is 8.96. The third kappa shape index (κ3) is 5.02. The third-order valence-corrected chi connectivity index (χ3v) is 4.09. The number of nitrogens with zero attached hydrogens (tertiary/aromatic N) is 2. The van der Waals surface area contributed by atoms with E-state index in [0.29, 0.717) is 22.9 Å². The van der Waals surface area contributed by atoms with Gasteiger partial charge in [-0.3, -0.25) is 14.4 Å². The molecule has 2 aromatic carbocycles. The van der Waals surface area contributed by atoms with E-state index < -0.39 is 17.4 Å². The number of amides is 2. The molecule has 0 saturated heterocycles. The van der Waals surface area contributed by atoms with E-state index in [4.69, 9.17) is 9.47 Å². The summed E-state index contributed by atoms with van der Waals surface area (Å²) in [5.74, 6) is -0.0108. The molecule has 0 aliphatic rings. The molecule has 0 aliphatic carbocycles. The number of hydrogen-bond donors (Lipinski definition) is 2. The summed E-state index contributed by atoms with van der Waals surface area (Å²) in [6.45, 7) is -0.361. The van der Waals surface area contributed by atoms with E-state index in [1.54, 1.807) is 42.5 Å². The Balaban J connectivity index is 1.71. The van der Waals surface area contributed by atoms with Gasteiger partial charge in [-0.15, -0.1) is 0 Å². The molecular weight excluding hydrogens is 388 g/mol. The SMILES string of the molecule is COc1ccc(NC(=O)Cn2nc(C(=O)Nc3ccccc3)ccc2=O)cc1OC. The van der Waals surface area contributed by atoms with Gasteiger partial charge in [0.1, 0.15) is 12.2 Å². The van der Waals surface area contributed by atoms with Crippen LogP contribution in [0.15, 0.2) is 65.5 Å². The van der Waals surface area contributed by atoms with Crippen LogP contribution in [0.4, 0.5) is 11.4 Å². The van der Waals surface area contributed by atoms with E-state index in [1.807, 2.05) is 6.07 Å². The first-order valence-corrected chi connectivity index (χ1v) is 8.96. The van der Waals surface area contributed by atoms with Crippen LogP contribution in [0.25, 0.3) is 0 Å². The zero-order chi connectivity index (χ0) is 21.5. The Morgan fingerprint density at radius 3 is 2.33 bits per heavy atom. The highest BCUT2D eigenvalue weighted by molar-refractivity contribution is 6.02. The lowest BCUT2D eigenvalue weighted by Gasteiger charge is -2.11. The number of hydrogen-bond acceptors (Lipinski definition) is 6. The molecule has 9 nitrogen and oxygen atoms in total. The van der Waals surface area contributed by atoms with Crippen molar-refractivity contribution in [1.82, 2.24) is 9.78 Å². The molecule has 2 N–H and O–H groups in total. The van der Waals surface area contributed by atoms with Crippen molar-refractivity contribution in [3.05, 3.63) is 76.7 Å². The van der Waals surface area contributed by atoms with E-state index in [-0.39, 0.29) is 12.2 Å². The first kappa shape index (κ1) is 20.6. The number of carbonyl (C=O) groups excluding carboxylic acids is 2. The maximum absolute atomic E-state index is 12.4. The zero-order valence-electron chi connectivity index (χ0n) is 16.4. The van der Waals surface area contributed by atoms with Gasteiger partial charge in [-0.1, -0.05) is 18.2 Å². The molecular formula is C21H20N4O5. The van der Waals surface area contributed by atoms with Crippen molar-refractivity contribution in [2.24, 2.45) is 0 Å². The molecule has 30 heavy (non-hydrogen) atoms. The molecule has 154 valence electrons. The molecule has 0 fully saturated rings. The summed E-state index contributed by atoms with van der Waals surface area (Å²) in [5, 5.41) is 9.33. The predicted molar refractivity (Wildman–Crippen MR) is 111 cm³/mol. The van der Waals surface area contributed by atoms with Gasteiger partial charge in [0, 0.05) is 23.5 Å². The lowest BCUT2D eigenvalue weighted by molar-refractivity contribution is -0.117. The Morgan fingerprint density at radius 2 is 1.63 bits per heavy atom. The highest BCUT2D eigenvalue weighted by atomic mass is 16.5. The molecule has 3 rings (SSSR count). The fourth-order valence-electron chi connectivity index (χ4n) is 2.65. The minimum absolute atomic E-state index is 0.0115. The molecule has 2 amide bonds. The minimum atomic E-state index is -0.506. The molecule has 0 saturated carbocycles. The summed E-state index contributed by atoms with van der Waals surface area (Å²) in [6.07, 6.45) is 0. The van der Waals surface area contributed by atoms with Crippen LogP contribution in [-0.4, -0.2) is 35.8 Å². The van der Waals surface area contributed by atoms with Crippen molar-refractivity contribution in [1.29, 1.82) is 0 Å². The second kappa shape index (κ2) is 9.37. The van der Waals surface area contributed by atoms with Gasteiger partial charge in [0.25, 0.3) is 11.5 Å². The second-order valence-corrected chi connectivity index (χ2v) is 6.15. The van der Waals surface area contributed by atoms with Crippen molar-refractivity contribution in [3.8, 4) is 11.5 Å². The molecule has 0 aliphatic heterocycles. The third-order valence-electron chi connectivity index (χ3n) is 4.09. The molecule has 9 heteroatoms. The summed E-state index contributed by atoms with van der Waals surface area (Å²) in [5.41, 5.74) is 0.558. The lowest BCUT2D eigenvalue weighted by atomic mass is 10.2. The minimum Gasteiger partial charge on any atom is -0.493 e. The number of ether oxygens (including phenoxy) is 2. The van der Waals surface area contributed by atoms with Crippen LogP contribution in [0.3, 0.4) is 0 Å². The summed E-state index contributed by atoms with van der Waals surface area (Å²) >= 11 is 0. The summed E-state index contributed by atoms with van der Waals surface area (Å²) < 4.78 is 11.3. The van der Waals surface area contributed by atoms with Crippen LogP contribution in [0.5, 0.6) is 11.5 Å². The molecule has 3 aromatic rings. The highest BCUT2D eigenvalue weighted by Gasteiger charge is 2.13. The molecule has 0 atom stereocenters. The smallest absolute Gasteiger partial charge is 0.276 e. The molecule has 0 radical (unpaired) electrons. The summed E-state index contributed by atoms with van der Waals surface area (Å²) in [6, 6.07) is 16.2. The van der Waals surface area contributed by atoms with E-state index >= 15 is 0 Å². The lowest BCUT2D eigenvalue weighted by Crippen LogP contribution is -2.31.